The smallest absolute Gasteiger partial charge is 0.383 e. The summed E-state index contributed by atoms with van der Waals surface area (Å²) in [5.41, 5.74) is 6.44. The van der Waals surface area contributed by atoms with E-state index < -0.39 is 17.6 Å². The molecule has 2 aliphatic rings. The van der Waals surface area contributed by atoms with Gasteiger partial charge in [0.1, 0.15) is 11.6 Å². The van der Waals surface area contributed by atoms with Crippen molar-refractivity contribution in [3.63, 3.8) is 0 Å². The van der Waals surface area contributed by atoms with E-state index in [1.807, 2.05) is 6.20 Å². The van der Waals surface area contributed by atoms with Gasteiger partial charge in [0.2, 0.25) is 0 Å². The van der Waals surface area contributed by atoms with Crippen molar-refractivity contribution in [2.75, 3.05) is 39.0 Å². The van der Waals surface area contributed by atoms with Crippen LogP contribution in [0.15, 0.2) is 30.7 Å². The highest BCUT2D eigenvalue weighted by Crippen LogP contribution is 2.36. The summed E-state index contributed by atoms with van der Waals surface area (Å²) >= 11 is 0. The molecule has 1 saturated heterocycles. The highest BCUT2D eigenvalue weighted by Gasteiger charge is 2.34. The Morgan fingerprint density at radius 1 is 1.23 bits per heavy atom. The van der Waals surface area contributed by atoms with Crippen LogP contribution >= 0.6 is 0 Å². The molecule has 0 radical (unpaired) electrons. The second-order valence-electron chi connectivity index (χ2n) is 8.64. The average Bonchev–Trinajstić information content (AvgIpc) is 3.44. The van der Waals surface area contributed by atoms with Crippen LogP contribution in [-0.4, -0.2) is 57.6 Å². The van der Waals surface area contributed by atoms with Crippen LogP contribution in [0.2, 0.25) is 0 Å². The number of halogens is 3. The van der Waals surface area contributed by atoms with Gasteiger partial charge in [0, 0.05) is 69.2 Å². The fourth-order valence-electron chi connectivity index (χ4n) is 3.90. The number of allylic oxidation sites excluding steroid dienone is 1. The molecular formula is C22H29F3N6. The summed E-state index contributed by atoms with van der Waals surface area (Å²) in [4.78, 5) is 13.1. The molecule has 2 aromatic rings. The van der Waals surface area contributed by atoms with Gasteiger partial charge in [0.15, 0.2) is 0 Å². The maximum Gasteiger partial charge on any atom is 0.419 e. The molecule has 168 valence electrons. The van der Waals surface area contributed by atoms with E-state index in [1.54, 1.807) is 0 Å². The number of anilines is 1. The number of rotatable bonds is 7. The summed E-state index contributed by atoms with van der Waals surface area (Å²) in [6.07, 6.45) is 2.63. The first kappa shape index (κ1) is 21.7. The molecule has 0 unspecified atom stereocenters. The summed E-state index contributed by atoms with van der Waals surface area (Å²) < 4.78 is 41.8. The van der Waals surface area contributed by atoms with Crippen LogP contribution in [0.5, 0.6) is 0 Å². The van der Waals surface area contributed by atoms with Crippen LogP contribution in [0, 0.1) is 5.92 Å². The molecule has 4 rings (SSSR count). The van der Waals surface area contributed by atoms with Gasteiger partial charge in [-0.05, 0) is 31.9 Å². The van der Waals surface area contributed by atoms with Gasteiger partial charge in [-0.2, -0.15) is 13.2 Å². The van der Waals surface area contributed by atoms with E-state index in [0.29, 0.717) is 23.7 Å². The van der Waals surface area contributed by atoms with Crippen LogP contribution in [0.3, 0.4) is 0 Å². The molecule has 0 bridgehead atoms. The number of piperazine rings is 1. The van der Waals surface area contributed by atoms with Crippen molar-refractivity contribution in [1.82, 2.24) is 24.3 Å². The van der Waals surface area contributed by atoms with E-state index in [0.717, 1.165) is 56.6 Å². The van der Waals surface area contributed by atoms with Gasteiger partial charge in [0.25, 0.3) is 0 Å². The zero-order valence-electron chi connectivity index (χ0n) is 17.8. The van der Waals surface area contributed by atoms with Crippen molar-refractivity contribution in [3.8, 4) is 11.3 Å². The van der Waals surface area contributed by atoms with Crippen molar-refractivity contribution in [2.45, 2.75) is 38.4 Å². The van der Waals surface area contributed by atoms with Crippen LogP contribution < -0.4 is 5.73 Å². The molecule has 1 aliphatic carbocycles. The van der Waals surface area contributed by atoms with Crippen molar-refractivity contribution in [2.24, 2.45) is 5.92 Å². The maximum atomic E-state index is 13.3. The first-order chi connectivity index (χ1) is 14.7. The minimum atomic E-state index is -4.55. The average molecular weight is 435 g/mol. The van der Waals surface area contributed by atoms with E-state index in [1.165, 1.54) is 19.0 Å². The van der Waals surface area contributed by atoms with Crippen molar-refractivity contribution < 1.29 is 13.2 Å². The number of aromatic nitrogens is 3. The summed E-state index contributed by atoms with van der Waals surface area (Å²) in [6.45, 7) is 8.94. The second kappa shape index (κ2) is 8.53. The first-order valence-electron chi connectivity index (χ1n) is 10.7. The topological polar surface area (TPSA) is 63.2 Å². The largest absolute Gasteiger partial charge is 0.419 e. The third kappa shape index (κ3) is 5.20. The highest BCUT2D eigenvalue weighted by molar-refractivity contribution is 5.62. The standard InChI is InChI=1S/C22H29F3N6/c1-15(30-9-7-29(2)8-10-30)5-6-31-14-19(28-20(31)11-16-3-4-16)17-12-18(22(23,24)25)21(26)27-13-17/h12-14,16H,1,3-11H2,2H3,(H2,26,27). The second-order valence-corrected chi connectivity index (χ2v) is 8.64. The van der Waals surface area contributed by atoms with Crippen molar-refractivity contribution >= 4 is 5.82 Å². The summed E-state index contributed by atoms with van der Waals surface area (Å²) in [5.74, 6) is 1.01. The van der Waals surface area contributed by atoms with Crippen LogP contribution in [0.1, 0.15) is 30.7 Å². The molecule has 2 aromatic heterocycles. The number of aryl methyl sites for hydroxylation is 1. The third-order valence-corrected chi connectivity index (χ3v) is 6.14. The Hall–Kier alpha value is -2.55. The number of likely N-dealkylation sites (N-methyl/N-ethyl adjacent to an activating group) is 1. The highest BCUT2D eigenvalue weighted by atomic mass is 19.4. The Bertz CT molecular complexity index is 939. The predicted octanol–water partition coefficient (Wildman–Crippen LogP) is 3.65. The molecule has 0 amide bonds. The lowest BCUT2D eigenvalue weighted by Gasteiger charge is -2.35. The number of nitrogen functional groups attached to an aromatic ring is 1. The van der Waals surface area contributed by atoms with Gasteiger partial charge in [-0.1, -0.05) is 6.58 Å². The van der Waals surface area contributed by atoms with E-state index in [4.69, 9.17) is 5.73 Å². The lowest BCUT2D eigenvalue weighted by molar-refractivity contribution is -0.137. The van der Waals surface area contributed by atoms with Crippen LogP contribution in [0.25, 0.3) is 11.3 Å². The van der Waals surface area contributed by atoms with Gasteiger partial charge in [-0.3, -0.25) is 0 Å². The van der Waals surface area contributed by atoms with Gasteiger partial charge in [-0.15, -0.1) is 0 Å². The van der Waals surface area contributed by atoms with Gasteiger partial charge < -0.3 is 20.1 Å². The fraction of sp³-hybridized carbons (Fsp3) is 0.545. The molecule has 1 aliphatic heterocycles. The molecule has 1 saturated carbocycles. The van der Waals surface area contributed by atoms with E-state index in [2.05, 4.69) is 38.0 Å². The molecule has 0 spiro atoms. The maximum absolute atomic E-state index is 13.3. The monoisotopic (exact) mass is 434 g/mol. The zero-order valence-corrected chi connectivity index (χ0v) is 17.8. The molecule has 3 heterocycles. The number of alkyl halides is 3. The lowest BCUT2D eigenvalue weighted by Crippen LogP contribution is -2.43. The van der Waals surface area contributed by atoms with E-state index >= 15 is 0 Å². The number of imidazole rings is 1. The quantitative estimate of drug-likeness (QED) is 0.721. The van der Waals surface area contributed by atoms with Crippen LogP contribution in [-0.2, 0) is 19.1 Å². The SMILES string of the molecule is C=C(CCn1cc(-c2cnc(N)c(C(F)(F)F)c2)nc1CC1CC1)N1CCN(C)CC1. The molecule has 6 nitrogen and oxygen atoms in total. The minimum absolute atomic E-state index is 0.329. The van der Waals surface area contributed by atoms with Gasteiger partial charge in [-0.25, -0.2) is 9.97 Å². The Morgan fingerprint density at radius 2 is 1.94 bits per heavy atom. The fourth-order valence-corrected chi connectivity index (χ4v) is 3.90. The van der Waals surface area contributed by atoms with Crippen molar-refractivity contribution in [1.29, 1.82) is 0 Å². The van der Waals surface area contributed by atoms with Crippen LogP contribution in [0.4, 0.5) is 19.0 Å². The molecule has 0 aromatic carbocycles. The number of nitrogens with two attached hydrogens (primary N) is 1. The number of hydrogen-bond donors (Lipinski definition) is 1. The molecule has 2 fully saturated rings. The minimum Gasteiger partial charge on any atom is -0.383 e. The predicted molar refractivity (Wildman–Crippen MR) is 114 cm³/mol. The molecule has 9 heteroatoms. The number of pyridine rings is 1. The number of hydrogen-bond acceptors (Lipinski definition) is 5. The third-order valence-electron chi connectivity index (χ3n) is 6.14. The number of nitrogens with zero attached hydrogens (tertiary/aromatic N) is 5. The van der Waals surface area contributed by atoms with E-state index in [-0.39, 0.29) is 0 Å². The van der Waals surface area contributed by atoms with E-state index in [9.17, 15) is 13.2 Å². The lowest BCUT2D eigenvalue weighted by atomic mass is 10.1. The normalized spacial score (nSPS) is 17.9. The molecular weight excluding hydrogens is 405 g/mol. The summed E-state index contributed by atoms with van der Waals surface area (Å²) in [6, 6.07) is 1.04. The Balaban J connectivity index is 1.52. The summed E-state index contributed by atoms with van der Waals surface area (Å²) in [5, 5.41) is 0. The molecule has 0 atom stereocenters. The Kier molecular flexibility index (Phi) is 5.96. The first-order valence-corrected chi connectivity index (χ1v) is 10.7. The molecule has 2 N–H and O–H groups in total. The van der Waals surface area contributed by atoms with Gasteiger partial charge in [0.05, 0.1) is 11.3 Å². The van der Waals surface area contributed by atoms with Crippen molar-refractivity contribution in [3.05, 3.63) is 42.1 Å². The zero-order chi connectivity index (χ0) is 22.2. The summed E-state index contributed by atoms with van der Waals surface area (Å²) in [7, 11) is 2.12. The molecule has 31 heavy (non-hydrogen) atoms. The Morgan fingerprint density at radius 3 is 2.58 bits per heavy atom. The van der Waals surface area contributed by atoms with Gasteiger partial charge >= 0.3 is 6.18 Å². The Labute approximate surface area is 180 Å².